The maximum absolute atomic E-state index is 12.9. The van der Waals surface area contributed by atoms with E-state index in [0.29, 0.717) is 11.1 Å². The number of hydroxylamine groups is 2. The molecule has 0 spiro atoms. The molecule has 0 unspecified atom stereocenters. The molecule has 2 aromatic rings. The molecule has 2 aromatic carbocycles. The largest absolute Gasteiger partial charge is 0.416 e. The quantitative estimate of drug-likeness (QED) is 0.376. The lowest BCUT2D eigenvalue weighted by Crippen LogP contribution is -2.47. The summed E-state index contributed by atoms with van der Waals surface area (Å²) in [6, 6.07) is 8.88. The second-order valence-corrected chi connectivity index (χ2v) is 9.84. The minimum Gasteiger partial charge on any atom is -0.348 e. The van der Waals surface area contributed by atoms with Gasteiger partial charge in [-0.15, -0.1) is 0 Å². The van der Waals surface area contributed by atoms with Crippen molar-refractivity contribution < 1.29 is 41.1 Å². The van der Waals surface area contributed by atoms with Gasteiger partial charge in [-0.3, -0.25) is 10.0 Å². The lowest BCUT2D eigenvalue weighted by atomic mass is 10.0. The third-order valence-electron chi connectivity index (χ3n) is 5.06. The van der Waals surface area contributed by atoms with Gasteiger partial charge < -0.3 is 9.47 Å². The lowest BCUT2D eigenvalue weighted by molar-refractivity contribution is -0.182. The first kappa shape index (κ1) is 24.2. The molecule has 0 aromatic heterocycles. The van der Waals surface area contributed by atoms with Gasteiger partial charge >= 0.3 is 6.18 Å². The van der Waals surface area contributed by atoms with Crippen LogP contribution >= 0.6 is 0 Å². The lowest BCUT2D eigenvalue weighted by Gasteiger charge is -2.27. The Morgan fingerprint density at radius 3 is 2.09 bits per heavy atom. The first-order valence-corrected chi connectivity index (χ1v) is 11.2. The summed E-state index contributed by atoms with van der Waals surface area (Å²) in [7, 11) is -3.96. The number of hydrogen-bond donors (Lipinski definition) is 1. The Bertz CT molecular complexity index is 1050. The standard InChI is InChI=1S/C21H22F3NO6S/c1-20(2)30-11-19(31-20)18(25(27)13-26)12-32(28,29)17-9-5-15(6-10-17)14-3-7-16(8-4-14)21(22,23)24/h3-10,13,18-19,27H,11-12H2,1-2H3/t18-,19-/m1/s1. The topological polar surface area (TPSA) is 93.1 Å². The number of amides is 1. The van der Waals surface area contributed by atoms with E-state index in [9.17, 15) is 31.6 Å². The molecule has 7 nitrogen and oxygen atoms in total. The number of carbonyl (C=O) groups is 1. The van der Waals surface area contributed by atoms with Gasteiger partial charge in [0.2, 0.25) is 6.41 Å². The van der Waals surface area contributed by atoms with Gasteiger partial charge in [-0.05, 0) is 49.2 Å². The van der Waals surface area contributed by atoms with E-state index in [2.05, 4.69) is 0 Å². The van der Waals surface area contributed by atoms with Crippen LogP contribution in [0.1, 0.15) is 19.4 Å². The molecule has 0 bridgehead atoms. The van der Waals surface area contributed by atoms with Crippen molar-refractivity contribution in [3.8, 4) is 11.1 Å². The van der Waals surface area contributed by atoms with Crippen LogP contribution in [-0.2, 0) is 30.3 Å². The number of sulfone groups is 1. The second kappa shape index (κ2) is 8.81. The van der Waals surface area contributed by atoms with Crippen molar-refractivity contribution in [1.29, 1.82) is 0 Å². The van der Waals surface area contributed by atoms with Crippen molar-refractivity contribution in [2.75, 3.05) is 12.4 Å². The summed E-state index contributed by atoms with van der Waals surface area (Å²) in [5, 5.41) is 10.2. The Hall–Kier alpha value is -2.47. The van der Waals surface area contributed by atoms with Gasteiger partial charge in [0.25, 0.3) is 0 Å². The molecule has 1 amide bonds. The SMILES string of the molecule is CC1(C)OC[C@H]([C@@H](CS(=O)(=O)c2ccc(-c3ccc(C(F)(F)F)cc3)cc2)N(O)C=O)O1. The Balaban J connectivity index is 1.80. The average molecular weight is 473 g/mol. The zero-order valence-corrected chi connectivity index (χ0v) is 18.1. The minimum atomic E-state index is -4.45. The summed E-state index contributed by atoms with van der Waals surface area (Å²) in [5.41, 5.74) is 0.234. The number of nitrogens with zero attached hydrogens (tertiary/aromatic N) is 1. The van der Waals surface area contributed by atoms with Gasteiger partial charge in [-0.2, -0.15) is 13.2 Å². The fourth-order valence-corrected chi connectivity index (χ4v) is 4.92. The molecular weight excluding hydrogens is 451 g/mol. The molecule has 1 N–H and O–H groups in total. The summed E-state index contributed by atoms with van der Waals surface area (Å²) in [6.45, 7) is 3.24. The summed E-state index contributed by atoms with van der Waals surface area (Å²) in [6.07, 6.45) is -5.21. The highest BCUT2D eigenvalue weighted by atomic mass is 32.2. The van der Waals surface area contributed by atoms with Crippen LogP contribution in [0.3, 0.4) is 0 Å². The first-order valence-electron chi connectivity index (χ1n) is 9.57. The molecule has 1 aliphatic rings. The number of ether oxygens (including phenoxy) is 2. The molecule has 1 fully saturated rings. The van der Waals surface area contributed by atoms with Crippen molar-refractivity contribution >= 4 is 16.2 Å². The third-order valence-corrected chi connectivity index (χ3v) is 6.83. The Kier molecular flexibility index (Phi) is 6.66. The molecule has 0 saturated carbocycles. The van der Waals surface area contributed by atoms with E-state index in [1.165, 1.54) is 36.4 Å². The molecule has 32 heavy (non-hydrogen) atoms. The predicted molar refractivity (Wildman–Crippen MR) is 107 cm³/mol. The summed E-state index contributed by atoms with van der Waals surface area (Å²) >= 11 is 0. The Labute approximate surface area is 183 Å². The number of alkyl halides is 3. The number of carbonyl (C=O) groups excluding carboxylic acids is 1. The van der Waals surface area contributed by atoms with E-state index < -0.39 is 45.3 Å². The minimum absolute atomic E-state index is 0.00898. The molecule has 1 aliphatic heterocycles. The molecule has 174 valence electrons. The van der Waals surface area contributed by atoms with Gasteiger partial charge in [-0.25, -0.2) is 13.5 Å². The monoisotopic (exact) mass is 473 g/mol. The van der Waals surface area contributed by atoms with E-state index in [1.807, 2.05) is 0 Å². The van der Waals surface area contributed by atoms with Crippen molar-refractivity contribution in [2.45, 2.75) is 42.9 Å². The first-order chi connectivity index (χ1) is 14.8. The second-order valence-electron chi connectivity index (χ2n) is 7.80. The predicted octanol–water partition coefficient (Wildman–Crippen LogP) is 3.51. The van der Waals surface area contributed by atoms with E-state index >= 15 is 0 Å². The number of rotatable bonds is 7. The van der Waals surface area contributed by atoms with Crippen LogP contribution in [0.25, 0.3) is 11.1 Å². The van der Waals surface area contributed by atoms with Gasteiger partial charge in [0.15, 0.2) is 15.6 Å². The smallest absolute Gasteiger partial charge is 0.348 e. The van der Waals surface area contributed by atoms with Crippen molar-refractivity contribution in [3.63, 3.8) is 0 Å². The average Bonchev–Trinajstić information content (AvgIpc) is 3.10. The van der Waals surface area contributed by atoms with Gasteiger partial charge in [0.05, 0.1) is 22.8 Å². The van der Waals surface area contributed by atoms with Crippen LogP contribution in [0.4, 0.5) is 13.2 Å². The fourth-order valence-electron chi connectivity index (χ4n) is 3.36. The maximum atomic E-state index is 12.9. The van der Waals surface area contributed by atoms with E-state index in [4.69, 9.17) is 9.47 Å². The highest BCUT2D eigenvalue weighted by Crippen LogP contribution is 2.32. The van der Waals surface area contributed by atoms with Crippen LogP contribution in [0.15, 0.2) is 53.4 Å². The highest BCUT2D eigenvalue weighted by Gasteiger charge is 2.42. The van der Waals surface area contributed by atoms with E-state index in [0.717, 1.165) is 12.1 Å². The molecule has 11 heteroatoms. The number of benzene rings is 2. The van der Waals surface area contributed by atoms with Gasteiger partial charge in [-0.1, -0.05) is 24.3 Å². The molecule has 3 rings (SSSR count). The van der Waals surface area contributed by atoms with Crippen LogP contribution in [0.5, 0.6) is 0 Å². The van der Waals surface area contributed by atoms with Crippen LogP contribution < -0.4 is 0 Å². The molecule has 0 radical (unpaired) electrons. The summed E-state index contributed by atoms with van der Waals surface area (Å²) < 4.78 is 75.0. The molecule has 1 saturated heterocycles. The van der Waals surface area contributed by atoms with Gasteiger partial charge in [0.1, 0.15) is 12.1 Å². The number of hydrogen-bond acceptors (Lipinski definition) is 6. The Morgan fingerprint density at radius 1 is 1.12 bits per heavy atom. The zero-order valence-electron chi connectivity index (χ0n) is 17.2. The summed E-state index contributed by atoms with van der Waals surface area (Å²) in [4.78, 5) is 11.0. The van der Waals surface area contributed by atoms with Crippen LogP contribution in [0, 0.1) is 0 Å². The Morgan fingerprint density at radius 2 is 1.66 bits per heavy atom. The van der Waals surface area contributed by atoms with Crippen molar-refractivity contribution in [2.24, 2.45) is 0 Å². The summed E-state index contributed by atoms with van der Waals surface area (Å²) in [5.74, 6) is -1.61. The molecule has 1 heterocycles. The van der Waals surface area contributed by atoms with Crippen LogP contribution in [-0.4, -0.2) is 55.4 Å². The van der Waals surface area contributed by atoms with Crippen LogP contribution in [0.2, 0.25) is 0 Å². The molecule has 2 atom stereocenters. The molecular formula is C21H22F3NO6S. The fraction of sp³-hybridized carbons (Fsp3) is 0.381. The molecule has 0 aliphatic carbocycles. The normalized spacial score (nSPS) is 19.5. The maximum Gasteiger partial charge on any atom is 0.416 e. The van der Waals surface area contributed by atoms with Gasteiger partial charge in [0, 0.05) is 0 Å². The zero-order chi connectivity index (χ0) is 23.7. The number of halogens is 3. The van der Waals surface area contributed by atoms with E-state index in [1.54, 1.807) is 13.8 Å². The van der Waals surface area contributed by atoms with Crippen molar-refractivity contribution in [3.05, 3.63) is 54.1 Å². The highest BCUT2D eigenvalue weighted by molar-refractivity contribution is 7.91. The third kappa shape index (κ3) is 5.47. The van der Waals surface area contributed by atoms with E-state index in [-0.39, 0.29) is 23.0 Å². The van der Waals surface area contributed by atoms with Crippen molar-refractivity contribution in [1.82, 2.24) is 5.06 Å².